The molecule has 0 bridgehead atoms. The van der Waals surface area contributed by atoms with E-state index < -0.39 is 6.10 Å². The lowest BCUT2D eigenvalue weighted by Gasteiger charge is -2.44. The van der Waals surface area contributed by atoms with Gasteiger partial charge in [0.1, 0.15) is 0 Å². The van der Waals surface area contributed by atoms with Crippen molar-refractivity contribution in [2.24, 2.45) is 0 Å². The summed E-state index contributed by atoms with van der Waals surface area (Å²) in [4.78, 5) is 17.0. The molecule has 0 saturated carbocycles. The van der Waals surface area contributed by atoms with Crippen molar-refractivity contribution in [3.8, 4) is 0 Å². The van der Waals surface area contributed by atoms with Crippen LogP contribution in [0.4, 0.5) is 0 Å². The predicted molar refractivity (Wildman–Crippen MR) is 115 cm³/mol. The summed E-state index contributed by atoms with van der Waals surface area (Å²) in [6, 6.07) is 8.02. The molecule has 1 amide bonds. The second-order valence-corrected chi connectivity index (χ2v) is 9.27. The van der Waals surface area contributed by atoms with Crippen LogP contribution in [0.2, 0.25) is 5.02 Å². The van der Waals surface area contributed by atoms with Crippen molar-refractivity contribution >= 4 is 17.5 Å². The van der Waals surface area contributed by atoms with E-state index in [9.17, 15) is 9.90 Å². The number of benzene rings is 1. The maximum atomic E-state index is 12.7. The van der Waals surface area contributed by atoms with Crippen molar-refractivity contribution in [2.45, 2.75) is 69.4 Å². The fourth-order valence-electron chi connectivity index (χ4n) is 4.96. The summed E-state index contributed by atoms with van der Waals surface area (Å²) in [7, 11) is 0. The molecule has 30 heavy (non-hydrogen) atoms. The molecule has 1 aromatic carbocycles. The largest absolute Gasteiger partial charge is 0.389 e. The Morgan fingerprint density at radius 2 is 2.00 bits per heavy atom. The molecule has 3 saturated heterocycles. The zero-order chi connectivity index (χ0) is 20.9. The number of aliphatic hydroxyl groups is 1. The van der Waals surface area contributed by atoms with E-state index in [1.54, 1.807) is 0 Å². The number of hydrogen-bond acceptors (Lipinski definition) is 5. The summed E-state index contributed by atoms with van der Waals surface area (Å²) in [6.07, 6.45) is 5.00. The van der Waals surface area contributed by atoms with Gasteiger partial charge in [0.25, 0.3) is 0 Å². The van der Waals surface area contributed by atoms with Crippen LogP contribution in [0.3, 0.4) is 0 Å². The Morgan fingerprint density at radius 1 is 1.17 bits per heavy atom. The Hall–Kier alpha value is -1.18. The van der Waals surface area contributed by atoms with Gasteiger partial charge in [0.05, 0.1) is 37.9 Å². The van der Waals surface area contributed by atoms with Crippen LogP contribution in [-0.4, -0.2) is 78.0 Å². The second-order valence-electron chi connectivity index (χ2n) is 8.84. The summed E-state index contributed by atoms with van der Waals surface area (Å²) < 4.78 is 12.1. The minimum absolute atomic E-state index is 0.0540. The Labute approximate surface area is 184 Å². The number of rotatable bonds is 4. The molecule has 0 radical (unpaired) electrons. The average Bonchev–Trinajstić information content (AvgIpc) is 2.73. The average molecular weight is 437 g/mol. The van der Waals surface area contributed by atoms with E-state index in [1.807, 2.05) is 23.1 Å². The lowest BCUT2D eigenvalue weighted by Crippen LogP contribution is -2.55. The van der Waals surface area contributed by atoms with E-state index in [2.05, 4.69) is 11.0 Å². The van der Waals surface area contributed by atoms with E-state index in [4.69, 9.17) is 21.1 Å². The Bertz CT molecular complexity index is 712. The van der Waals surface area contributed by atoms with Gasteiger partial charge in [-0.2, -0.15) is 0 Å². The third kappa shape index (κ3) is 5.74. The molecule has 6 nitrogen and oxygen atoms in total. The first-order valence-electron chi connectivity index (χ1n) is 11.3. The van der Waals surface area contributed by atoms with Crippen molar-refractivity contribution in [3.05, 3.63) is 34.9 Å². The Kier molecular flexibility index (Phi) is 7.65. The first-order chi connectivity index (χ1) is 14.6. The Morgan fingerprint density at radius 3 is 2.80 bits per heavy atom. The van der Waals surface area contributed by atoms with Gasteiger partial charge in [0.15, 0.2) is 0 Å². The Balaban J connectivity index is 1.40. The van der Waals surface area contributed by atoms with Crippen LogP contribution in [0.25, 0.3) is 0 Å². The maximum absolute atomic E-state index is 12.7. The monoisotopic (exact) mass is 436 g/mol. The number of fused-ring (bicyclic) bond motifs is 1. The minimum Gasteiger partial charge on any atom is -0.389 e. The quantitative estimate of drug-likeness (QED) is 0.786. The highest BCUT2D eigenvalue weighted by molar-refractivity contribution is 6.30. The topological polar surface area (TPSA) is 62.2 Å². The van der Waals surface area contributed by atoms with Crippen molar-refractivity contribution < 1.29 is 19.4 Å². The number of β-amino-alcohol motifs (C(OH)–C–C–N with tert-alkyl or cyclic N) is 1. The molecular weight excluding hydrogens is 404 g/mol. The number of piperidine rings is 1. The molecule has 3 fully saturated rings. The van der Waals surface area contributed by atoms with Crippen molar-refractivity contribution in [3.63, 3.8) is 0 Å². The molecule has 3 aliphatic heterocycles. The van der Waals surface area contributed by atoms with Crippen LogP contribution in [-0.2, 0) is 20.8 Å². The van der Waals surface area contributed by atoms with E-state index in [0.717, 1.165) is 49.4 Å². The molecule has 1 aromatic rings. The molecule has 1 N–H and O–H groups in total. The maximum Gasteiger partial charge on any atom is 0.225 e. The van der Waals surface area contributed by atoms with E-state index >= 15 is 0 Å². The van der Waals surface area contributed by atoms with Crippen molar-refractivity contribution in [1.29, 1.82) is 0 Å². The smallest absolute Gasteiger partial charge is 0.225 e. The van der Waals surface area contributed by atoms with Crippen LogP contribution in [0.15, 0.2) is 24.3 Å². The summed E-state index contributed by atoms with van der Waals surface area (Å²) in [5, 5.41) is 11.1. The third-order valence-electron chi connectivity index (χ3n) is 6.47. The fourth-order valence-corrected chi connectivity index (χ4v) is 5.18. The number of likely N-dealkylation sites (tertiary alicyclic amines) is 1. The number of nitrogens with zero attached hydrogens (tertiary/aromatic N) is 2. The van der Waals surface area contributed by atoms with Gasteiger partial charge in [-0.05, 0) is 49.8 Å². The molecule has 0 aromatic heterocycles. The molecule has 3 heterocycles. The molecule has 7 heteroatoms. The van der Waals surface area contributed by atoms with Crippen LogP contribution in [0, 0.1) is 0 Å². The summed E-state index contributed by atoms with van der Waals surface area (Å²) >= 11 is 6.17. The molecule has 0 spiro atoms. The van der Waals surface area contributed by atoms with Gasteiger partial charge in [0.2, 0.25) is 5.91 Å². The van der Waals surface area contributed by atoms with Gasteiger partial charge >= 0.3 is 0 Å². The number of hydrogen-bond donors (Lipinski definition) is 1. The van der Waals surface area contributed by atoms with Crippen LogP contribution in [0.5, 0.6) is 0 Å². The van der Waals surface area contributed by atoms with E-state index in [1.165, 1.54) is 6.42 Å². The SMILES string of the molecule is O=C(C[C@H]1CC[C@@H]2[C@H](COC[C@@H](O)CN2Cc2cccc(Cl)c2)O1)N1CCCCC1. The molecule has 0 aliphatic carbocycles. The molecule has 0 unspecified atom stereocenters. The fraction of sp³-hybridized carbons (Fsp3) is 0.696. The first kappa shape index (κ1) is 22.0. The zero-order valence-electron chi connectivity index (χ0n) is 17.5. The van der Waals surface area contributed by atoms with Crippen molar-refractivity contribution in [2.75, 3.05) is 32.8 Å². The number of halogens is 1. The number of ether oxygens (including phenoxy) is 2. The lowest BCUT2D eigenvalue weighted by atomic mass is 9.94. The first-order valence-corrected chi connectivity index (χ1v) is 11.6. The van der Waals surface area contributed by atoms with Crippen LogP contribution >= 0.6 is 11.6 Å². The highest BCUT2D eigenvalue weighted by atomic mass is 35.5. The number of amides is 1. The molecule has 4 atom stereocenters. The van der Waals surface area contributed by atoms with Gasteiger partial charge in [-0.1, -0.05) is 23.7 Å². The normalized spacial score (nSPS) is 30.9. The molecule has 4 rings (SSSR count). The lowest BCUT2D eigenvalue weighted by molar-refractivity contribution is -0.161. The number of carbonyl (C=O) groups excluding carboxylic acids is 1. The highest BCUT2D eigenvalue weighted by Crippen LogP contribution is 2.29. The van der Waals surface area contributed by atoms with Crippen LogP contribution in [0.1, 0.15) is 44.1 Å². The van der Waals surface area contributed by atoms with E-state index in [-0.39, 0.29) is 24.2 Å². The summed E-state index contributed by atoms with van der Waals surface area (Å²) in [5.74, 6) is 0.219. The molecular formula is C23H33ClN2O4. The third-order valence-corrected chi connectivity index (χ3v) is 6.71. The van der Waals surface area contributed by atoms with Gasteiger partial charge in [-0.3, -0.25) is 9.69 Å². The van der Waals surface area contributed by atoms with E-state index in [0.29, 0.717) is 32.7 Å². The highest BCUT2D eigenvalue weighted by Gasteiger charge is 2.38. The minimum atomic E-state index is -0.525. The number of aliphatic hydroxyl groups excluding tert-OH is 1. The predicted octanol–water partition coefficient (Wildman–Crippen LogP) is 2.85. The summed E-state index contributed by atoms with van der Waals surface area (Å²) in [6.45, 7) is 3.75. The van der Waals surface area contributed by atoms with Gasteiger partial charge in [-0.15, -0.1) is 0 Å². The zero-order valence-corrected chi connectivity index (χ0v) is 18.3. The van der Waals surface area contributed by atoms with Gasteiger partial charge in [-0.25, -0.2) is 0 Å². The number of carbonyl (C=O) groups is 1. The summed E-state index contributed by atoms with van der Waals surface area (Å²) in [5.41, 5.74) is 1.12. The molecule has 3 aliphatic rings. The second kappa shape index (κ2) is 10.4. The molecule has 166 valence electrons. The van der Waals surface area contributed by atoms with Crippen LogP contribution < -0.4 is 0 Å². The van der Waals surface area contributed by atoms with Crippen molar-refractivity contribution in [1.82, 2.24) is 9.80 Å². The van der Waals surface area contributed by atoms with Gasteiger partial charge in [0, 0.05) is 37.2 Å². The standard InChI is InChI=1S/C23H33ClN2O4/c24-18-6-4-5-17(11-18)13-26-14-19(27)15-29-16-22-21(26)8-7-20(30-22)12-23(28)25-9-2-1-3-10-25/h4-6,11,19-22,27H,1-3,7-10,12-16H2/t19-,20+,21+,22-/m0/s1. The van der Waals surface area contributed by atoms with Gasteiger partial charge < -0.3 is 19.5 Å².